The summed E-state index contributed by atoms with van der Waals surface area (Å²) in [5.74, 6) is 0.102. The van der Waals surface area contributed by atoms with Gasteiger partial charge in [-0.25, -0.2) is 17.8 Å². The number of imidazole rings is 1. The normalized spacial score (nSPS) is 25.9. The Bertz CT molecular complexity index is 873. The molecule has 0 unspecified atom stereocenters. The number of pyridine rings is 1. The van der Waals surface area contributed by atoms with Crippen LogP contribution in [0.5, 0.6) is 0 Å². The second-order valence-corrected chi connectivity index (χ2v) is 8.57. The first-order valence-corrected chi connectivity index (χ1v) is 9.33. The van der Waals surface area contributed by atoms with Crippen molar-refractivity contribution in [2.24, 2.45) is 11.8 Å². The minimum Gasteiger partial charge on any atom is -0.342 e. The van der Waals surface area contributed by atoms with E-state index in [1.807, 2.05) is 0 Å². The molecule has 122 valence electrons. The number of amides is 1. The molecular weight excluding hydrogens is 321 g/mol. The van der Waals surface area contributed by atoms with Gasteiger partial charge in [-0.05, 0) is 24.0 Å². The lowest BCUT2D eigenvalue weighted by Gasteiger charge is -2.16. The smallest absolute Gasteiger partial charge is 0.228 e. The van der Waals surface area contributed by atoms with Crippen molar-refractivity contribution in [3.8, 4) is 0 Å². The Kier molecular flexibility index (Phi) is 3.19. The van der Waals surface area contributed by atoms with Crippen LogP contribution < -0.4 is 0 Å². The third-order valence-corrected chi connectivity index (χ3v) is 6.53. The first-order chi connectivity index (χ1) is 10.9. The molecule has 4 heterocycles. The number of sulfone groups is 1. The Morgan fingerprint density at radius 2 is 1.91 bits per heavy atom. The molecular formula is C15H16FN3O3S. The van der Waals surface area contributed by atoms with E-state index in [1.165, 1.54) is 12.3 Å². The van der Waals surface area contributed by atoms with Crippen molar-refractivity contribution in [2.75, 3.05) is 24.6 Å². The van der Waals surface area contributed by atoms with Crippen molar-refractivity contribution in [1.82, 2.24) is 14.3 Å². The molecule has 2 fully saturated rings. The standard InChI is InChI=1S/C15H16FN3O3S/c16-12-1-2-14-17-13(7-18(14)6-12)3-15(20)19-4-10-8-23(21,22)9-11(10)5-19/h1-2,6-7,10-11H,3-5,8-9H2/t10-,11+. The van der Waals surface area contributed by atoms with E-state index >= 15 is 0 Å². The lowest BCUT2D eigenvalue weighted by molar-refractivity contribution is -0.129. The minimum absolute atomic E-state index is 0.0549. The van der Waals surface area contributed by atoms with Gasteiger partial charge in [-0.15, -0.1) is 0 Å². The molecule has 2 aromatic heterocycles. The predicted octanol–water partition coefficient (Wildman–Crippen LogP) is 0.519. The quantitative estimate of drug-likeness (QED) is 0.801. The van der Waals surface area contributed by atoms with Gasteiger partial charge in [0.15, 0.2) is 9.84 Å². The molecule has 0 saturated carbocycles. The first-order valence-electron chi connectivity index (χ1n) is 7.51. The van der Waals surface area contributed by atoms with Crippen LogP contribution in [0.15, 0.2) is 24.5 Å². The van der Waals surface area contributed by atoms with Gasteiger partial charge in [0.2, 0.25) is 5.91 Å². The van der Waals surface area contributed by atoms with Crippen molar-refractivity contribution < 1.29 is 17.6 Å². The van der Waals surface area contributed by atoms with Crippen molar-refractivity contribution in [2.45, 2.75) is 6.42 Å². The number of hydrogen-bond donors (Lipinski definition) is 0. The Balaban J connectivity index is 1.46. The zero-order chi connectivity index (χ0) is 16.2. The molecule has 2 saturated heterocycles. The summed E-state index contributed by atoms with van der Waals surface area (Å²) in [5.41, 5.74) is 1.18. The molecule has 0 spiro atoms. The topological polar surface area (TPSA) is 71.8 Å². The molecule has 0 bridgehead atoms. The number of likely N-dealkylation sites (tertiary alicyclic amines) is 1. The van der Waals surface area contributed by atoms with Gasteiger partial charge in [-0.3, -0.25) is 4.79 Å². The van der Waals surface area contributed by atoms with Gasteiger partial charge in [-0.1, -0.05) is 0 Å². The summed E-state index contributed by atoms with van der Waals surface area (Å²) < 4.78 is 37.9. The van der Waals surface area contributed by atoms with Gasteiger partial charge < -0.3 is 9.30 Å². The number of nitrogens with zero attached hydrogens (tertiary/aromatic N) is 3. The molecule has 4 rings (SSSR count). The number of hydrogen-bond acceptors (Lipinski definition) is 4. The van der Waals surface area contributed by atoms with Gasteiger partial charge in [0.1, 0.15) is 11.5 Å². The molecule has 2 atom stereocenters. The van der Waals surface area contributed by atoms with Gasteiger partial charge in [0.25, 0.3) is 0 Å². The number of carbonyl (C=O) groups is 1. The van der Waals surface area contributed by atoms with Crippen molar-refractivity contribution in [3.05, 3.63) is 36.0 Å². The van der Waals surface area contributed by atoms with E-state index in [9.17, 15) is 17.6 Å². The molecule has 0 radical (unpaired) electrons. The zero-order valence-electron chi connectivity index (χ0n) is 12.4. The maximum Gasteiger partial charge on any atom is 0.228 e. The third-order valence-electron chi connectivity index (χ3n) is 4.66. The molecule has 6 nitrogen and oxygen atoms in total. The highest BCUT2D eigenvalue weighted by atomic mass is 32.2. The summed E-state index contributed by atoms with van der Waals surface area (Å²) in [7, 11) is -2.92. The highest BCUT2D eigenvalue weighted by Crippen LogP contribution is 2.32. The van der Waals surface area contributed by atoms with E-state index in [2.05, 4.69) is 4.98 Å². The first kappa shape index (κ1) is 14.6. The molecule has 8 heteroatoms. The van der Waals surface area contributed by atoms with Gasteiger partial charge >= 0.3 is 0 Å². The van der Waals surface area contributed by atoms with E-state index in [1.54, 1.807) is 21.6 Å². The van der Waals surface area contributed by atoms with Crippen LogP contribution in [0.25, 0.3) is 5.65 Å². The second-order valence-electron chi connectivity index (χ2n) is 6.42. The fourth-order valence-corrected chi connectivity index (χ4v) is 5.81. The zero-order valence-corrected chi connectivity index (χ0v) is 13.2. The Hall–Kier alpha value is -1.96. The molecule has 1 amide bonds. The van der Waals surface area contributed by atoms with Crippen LogP contribution in [0.3, 0.4) is 0 Å². The summed E-state index contributed by atoms with van der Waals surface area (Å²) in [6.45, 7) is 1.01. The fourth-order valence-electron chi connectivity index (χ4n) is 3.61. The molecule has 0 aromatic carbocycles. The molecule has 0 aliphatic carbocycles. The largest absolute Gasteiger partial charge is 0.342 e. The van der Waals surface area contributed by atoms with Crippen LogP contribution in [0, 0.1) is 17.7 Å². The summed E-state index contributed by atoms with van der Waals surface area (Å²) in [4.78, 5) is 18.4. The summed E-state index contributed by atoms with van der Waals surface area (Å²) in [5, 5.41) is 0. The number of aromatic nitrogens is 2. The van der Waals surface area contributed by atoms with Gasteiger partial charge in [-0.2, -0.15) is 0 Å². The Morgan fingerprint density at radius 3 is 2.61 bits per heavy atom. The van der Waals surface area contributed by atoms with Gasteiger partial charge in [0, 0.05) is 25.5 Å². The van der Waals surface area contributed by atoms with Crippen LogP contribution in [-0.4, -0.2) is 53.2 Å². The van der Waals surface area contributed by atoms with Crippen LogP contribution in [0.2, 0.25) is 0 Å². The molecule has 0 N–H and O–H groups in total. The Labute approximate surface area is 132 Å². The monoisotopic (exact) mass is 337 g/mol. The fraction of sp³-hybridized carbons (Fsp3) is 0.467. The van der Waals surface area contributed by atoms with Crippen molar-refractivity contribution >= 4 is 21.4 Å². The van der Waals surface area contributed by atoms with E-state index < -0.39 is 9.84 Å². The van der Waals surface area contributed by atoms with Crippen LogP contribution >= 0.6 is 0 Å². The van der Waals surface area contributed by atoms with E-state index in [4.69, 9.17) is 0 Å². The average molecular weight is 337 g/mol. The van der Waals surface area contributed by atoms with Crippen LogP contribution in [0.4, 0.5) is 4.39 Å². The van der Waals surface area contributed by atoms with E-state index in [-0.39, 0.29) is 41.5 Å². The molecule has 23 heavy (non-hydrogen) atoms. The minimum atomic E-state index is -2.92. The van der Waals surface area contributed by atoms with Crippen LogP contribution in [-0.2, 0) is 21.1 Å². The van der Waals surface area contributed by atoms with E-state index in [0.29, 0.717) is 24.4 Å². The molecule has 2 aliphatic heterocycles. The summed E-state index contributed by atoms with van der Waals surface area (Å²) >= 11 is 0. The summed E-state index contributed by atoms with van der Waals surface area (Å²) in [6, 6.07) is 2.89. The number of fused-ring (bicyclic) bond motifs is 2. The number of carbonyl (C=O) groups excluding carboxylic acids is 1. The number of rotatable bonds is 2. The van der Waals surface area contributed by atoms with E-state index in [0.717, 1.165) is 0 Å². The second kappa shape index (κ2) is 5.02. The predicted molar refractivity (Wildman–Crippen MR) is 81.1 cm³/mol. The lowest BCUT2D eigenvalue weighted by Crippen LogP contribution is -2.32. The Morgan fingerprint density at radius 1 is 1.22 bits per heavy atom. The van der Waals surface area contributed by atoms with Crippen molar-refractivity contribution in [3.63, 3.8) is 0 Å². The SMILES string of the molecule is O=C(Cc1cn2cc(F)ccc2n1)N1C[C@@H]2CS(=O)(=O)C[C@@H]2C1. The highest BCUT2D eigenvalue weighted by Gasteiger charge is 2.44. The highest BCUT2D eigenvalue weighted by molar-refractivity contribution is 7.91. The molecule has 2 aliphatic rings. The maximum atomic E-state index is 13.2. The average Bonchev–Trinajstić information content (AvgIpc) is 3.07. The van der Waals surface area contributed by atoms with Crippen LogP contribution in [0.1, 0.15) is 5.69 Å². The molecule has 2 aromatic rings. The number of halogens is 1. The summed E-state index contributed by atoms with van der Waals surface area (Å²) in [6.07, 6.45) is 3.12. The lowest BCUT2D eigenvalue weighted by atomic mass is 10.0. The van der Waals surface area contributed by atoms with Crippen molar-refractivity contribution in [1.29, 1.82) is 0 Å². The van der Waals surface area contributed by atoms with Gasteiger partial charge in [0.05, 0.1) is 23.6 Å². The third kappa shape index (κ3) is 2.71. The maximum absolute atomic E-state index is 13.2.